The number of Topliss-reactive ketones (excluding diaryl/α,β-unsaturated/α-hetero) is 3. The fourth-order valence-corrected chi connectivity index (χ4v) is 10.7. The number of hydrogen-bond donors (Lipinski definition) is 2. The van der Waals surface area contributed by atoms with Crippen LogP contribution in [0.2, 0.25) is 25.7 Å². The molecular formula is C63H66F4N4O11Si. The first kappa shape index (κ1) is 59.5. The van der Waals surface area contributed by atoms with Crippen molar-refractivity contribution < 1.29 is 70.2 Å². The molecule has 0 fully saturated rings. The summed E-state index contributed by atoms with van der Waals surface area (Å²) in [6.45, 7) is 8.62. The number of methoxy groups -OCH3 is 2. The number of ether oxygens (including phenoxy) is 7. The Labute approximate surface area is 478 Å². The van der Waals surface area contributed by atoms with Crippen LogP contribution in [0.3, 0.4) is 0 Å². The summed E-state index contributed by atoms with van der Waals surface area (Å²) in [6.07, 6.45) is 4.80. The van der Waals surface area contributed by atoms with Gasteiger partial charge in [-0.2, -0.15) is 0 Å². The van der Waals surface area contributed by atoms with Crippen LogP contribution in [0.25, 0.3) is 44.3 Å². The molecule has 2 N–H and O–H groups in total. The van der Waals surface area contributed by atoms with Crippen molar-refractivity contribution in [3.63, 3.8) is 0 Å². The van der Waals surface area contributed by atoms with Gasteiger partial charge in [0.2, 0.25) is 0 Å². The van der Waals surface area contributed by atoms with E-state index in [1.165, 1.54) is 32.4 Å². The molecule has 8 aromatic rings. The standard InChI is InChI=1S/C34H38F2N2O6Si.C29H28F2N2O5/c1-41-31-19-22(8-11-30(31)43-15-13-35)28(39)9-10-29(40)27-18-23-12-14-44-34(23)32(37-27)25-20-38(21-42-16-17-45(2,3)4)33-24(25)6-5-7-26(33)36;1-29(35,10-8-22(34)17-6-7-23(37-13-11-30)24(14-17)36-2)25-15-18-9-12-38-28(18)27(33-25)20-16-32-26-19(20)4-3-5-21(26)31/h5-8,11,18-20H,9-10,12-17,21H2,1-4H3;3-7,14-16,32,35H,8-13H2,1-2H3. The van der Waals surface area contributed by atoms with E-state index in [1.54, 1.807) is 78.5 Å². The minimum absolute atomic E-state index is 0.0451. The van der Waals surface area contributed by atoms with Gasteiger partial charge in [-0.15, -0.1) is 0 Å². The molecule has 1 unspecified atom stereocenters. The minimum Gasteiger partial charge on any atom is -0.493 e. The average Bonchev–Trinajstić information content (AvgIpc) is 3.71. The van der Waals surface area contributed by atoms with Gasteiger partial charge >= 0.3 is 0 Å². The summed E-state index contributed by atoms with van der Waals surface area (Å²) in [5, 5.41) is 12.7. The number of carbonyl (C=O) groups is 3. The molecule has 4 aromatic heterocycles. The number of fused-ring (bicyclic) bond motifs is 4. The van der Waals surface area contributed by atoms with Crippen molar-refractivity contribution in [1.82, 2.24) is 19.5 Å². The van der Waals surface area contributed by atoms with E-state index in [0.717, 1.165) is 17.2 Å². The van der Waals surface area contributed by atoms with E-state index < -0.39 is 27.0 Å². The highest BCUT2D eigenvalue weighted by Gasteiger charge is 2.32. The van der Waals surface area contributed by atoms with E-state index in [-0.39, 0.29) is 80.3 Å². The Balaban J connectivity index is 0.000000202. The molecule has 0 spiro atoms. The molecule has 0 aliphatic carbocycles. The number of H-pyrrole nitrogens is 1. The van der Waals surface area contributed by atoms with Gasteiger partial charge in [0.15, 0.2) is 40.3 Å². The van der Waals surface area contributed by atoms with Gasteiger partial charge in [0.05, 0.1) is 44.2 Å². The molecule has 0 saturated heterocycles. The Bertz CT molecular complexity index is 3690. The van der Waals surface area contributed by atoms with E-state index in [4.69, 9.17) is 43.1 Å². The van der Waals surface area contributed by atoms with Crippen LogP contribution in [-0.4, -0.2) is 111 Å². The topological polar surface area (TPSA) is 183 Å². The predicted octanol–water partition coefficient (Wildman–Crippen LogP) is 12.8. The summed E-state index contributed by atoms with van der Waals surface area (Å²) in [4.78, 5) is 51.9. The number of nitrogens with zero attached hydrogens (tertiary/aromatic N) is 3. The molecule has 436 valence electrons. The van der Waals surface area contributed by atoms with Crippen molar-refractivity contribution in [1.29, 1.82) is 0 Å². The zero-order valence-electron chi connectivity index (χ0n) is 47.2. The van der Waals surface area contributed by atoms with Crippen LogP contribution in [0.15, 0.2) is 97.3 Å². The lowest BCUT2D eigenvalue weighted by molar-refractivity contribution is 0.0397. The van der Waals surface area contributed by atoms with Gasteiger partial charge in [-0.25, -0.2) is 27.5 Å². The lowest BCUT2D eigenvalue weighted by atomic mass is 9.91. The molecule has 2 aliphatic heterocycles. The molecule has 0 saturated carbocycles. The van der Waals surface area contributed by atoms with Crippen LogP contribution in [0.1, 0.15) is 80.6 Å². The SMILES string of the molecule is COc1cc(C(=O)CCC(=O)c2cc3c(c(-c4cn(COCC[Si](C)(C)C)c5c(F)cccc45)n2)OCC3)ccc1OCCF.COc1cc(C(=O)CCC(C)(O)c2cc3c(c(-c4c[nH]c5c(F)cccc45)n2)OCC3)ccc1OCCF. The molecule has 0 amide bonds. The summed E-state index contributed by atoms with van der Waals surface area (Å²) in [5.41, 5.74) is 4.75. The maximum atomic E-state index is 15.2. The third kappa shape index (κ3) is 13.6. The number of carbonyl (C=O) groups excluding carboxylic acids is 3. The Morgan fingerprint density at radius 1 is 0.699 bits per heavy atom. The second-order valence-corrected chi connectivity index (χ2v) is 27.2. The van der Waals surface area contributed by atoms with Crippen LogP contribution in [0, 0.1) is 11.6 Å². The number of ketones is 3. The zero-order chi connectivity index (χ0) is 59.0. The molecule has 20 heteroatoms. The minimum atomic E-state index is -1.42. The highest BCUT2D eigenvalue weighted by atomic mass is 28.3. The first-order valence-corrected chi connectivity index (χ1v) is 31.1. The monoisotopic (exact) mass is 1160 g/mol. The van der Waals surface area contributed by atoms with Crippen LogP contribution in [0.5, 0.6) is 34.5 Å². The fraction of sp³-hybridized carbons (Fsp3) is 0.349. The van der Waals surface area contributed by atoms with Gasteiger partial charge in [-0.1, -0.05) is 43.9 Å². The van der Waals surface area contributed by atoms with Crippen molar-refractivity contribution in [2.24, 2.45) is 0 Å². The number of para-hydroxylation sites is 2. The van der Waals surface area contributed by atoms with E-state index in [0.29, 0.717) is 128 Å². The molecule has 2 aliphatic rings. The zero-order valence-corrected chi connectivity index (χ0v) is 48.2. The number of hydrogen-bond acceptors (Lipinski definition) is 13. The Hall–Kier alpha value is -8.07. The van der Waals surface area contributed by atoms with E-state index >= 15 is 4.39 Å². The predicted molar refractivity (Wildman–Crippen MR) is 309 cm³/mol. The van der Waals surface area contributed by atoms with Crippen LogP contribution >= 0.6 is 0 Å². The fourth-order valence-electron chi connectivity index (χ4n) is 9.98. The quantitative estimate of drug-likeness (QED) is 0.0239. The second-order valence-electron chi connectivity index (χ2n) is 21.6. The smallest absolute Gasteiger partial charge is 0.181 e. The number of aromatic nitrogens is 4. The third-order valence-corrected chi connectivity index (χ3v) is 16.2. The Kier molecular flexibility index (Phi) is 18.7. The normalized spacial score (nSPS) is 13.3. The summed E-state index contributed by atoms with van der Waals surface area (Å²) in [6, 6.07) is 23.6. The third-order valence-electron chi connectivity index (χ3n) is 14.5. The molecule has 0 bridgehead atoms. The van der Waals surface area contributed by atoms with E-state index in [1.807, 2.05) is 12.1 Å². The summed E-state index contributed by atoms with van der Waals surface area (Å²) < 4.78 is 95.2. The van der Waals surface area contributed by atoms with Crippen molar-refractivity contribution in [2.45, 2.75) is 83.5 Å². The molecule has 4 aromatic carbocycles. The highest BCUT2D eigenvalue weighted by molar-refractivity contribution is 6.76. The van der Waals surface area contributed by atoms with E-state index in [9.17, 15) is 32.7 Å². The molecule has 6 heterocycles. The van der Waals surface area contributed by atoms with Gasteiger partial charge in [-0.05, 0) is 80.1 Å². The highest BCUT2D eigenvalue weighted by Crippen LogP contribution is 2.43. The first-order valence-electron chi connectivity index (χ1n) is 27.4. The maximum absolute atomic E-state index is 15.2. The number of pyridine rings is 2. The molecule has 10 rings (SSSR count). The van der Waals surface area contributed by atoms with Crippen LogP contribution < -0.4 is 28.4 Å². The summed E-state index contributed by atoms with van der Waals surface area (Å²) >= 11 is 0. The summed E-state index contributed by atoms with van der Waals surface area (Å²) in [7, 11) is 1.59. The number of alkyl halides is 2. The summed E-state index contributed by atoms with van der Waals surface area (Å²) in [5.74, 6) is 1.02. The van der Waals surface area contributed by atoms with Gasteiger partial charge < -0.3 is 47.8 Å². The molecule has 1 atom stereocenters. The average molecular weight is 1160 g/mol. The molecular weight excluding hydrogens is 1090 g/mol. The second kappa shape index (κ2) is 26.0. The molecule has 0 radical (unpaired) electrons. The van der Waals surface area contributed by atoms with Gasteiger partial charge in [0, 0.05) is 103 Å². The first-order chi connectivity index (χ1) is 39.9. The number of aromatic amines is 1. The largest absolute Gasteiger partial charge is 0.493 e. The van der Waals surface area contributed by atoms with Gasteiger partial charge in [0.1, 0.15) is 79.1 Å². The number of aliphatic hydroxyl groups is 1. The Morgan fingerprint density at radius 3 is 1.89 bits per heavy atom. The number of halogens is 4. The molecule has 83 heavy (non-hydrogen) atoms. The Morgan fingerprint density at radius 2 is 1.28 bits per heavy atom. The van der Waals surface area contributed by atoms with E-state index in [2.05, 4.69) is 24.6 Å². The maximum Gasteiger partial charge on any atom is 0.181 e. The van der Waals surface area contributed by atoms with Crippen LogP contribution in [0.4, 0.5) is 17.6 Å². The number of nitrogens with one attached hydrogen (secondary N) is 1. The lowest BCUT2D eigenvalue weighted by Gasteiger charge is -2.24. The van der Waals surface area contributed by atoms with Crippen LogP contribution in [-0.2, 0) is 29.9 Å². The van der Waals surface area contributed by atoms with Crippen molar-refractivity contribution >= 4 is 47.2 Å². The lowest BCUT2D eigenvalue weighted by Crippen LogP contribution is -2.24. The van der Waals surface area contributed by atoms with Crippen molar-refractivity contribution in [3.8, 4) is 57.0 Å². The molecule has 15 nitrogen and oxygen atoms in total. The number of rotatable bonds is 25. The van der Waals surface area contributed by atoms with Gasteiger partial charge in [-0.3, -0.25) is 14.4 Å². The van der Waals surface area contributed by atoms with Gasteiger partial charge in [0.25, 0.3) is 0 Å². The van der Waals surface area contributed by atoms with Crippen molar-refractivity contribution in [3.05, 3.63) is 143 Å². The number of benzene rings is 4. The van der Waals surface area contributed by atoms with Crippen molar-refractivity contribution in [2.75, 3.05) is 60.6 Å².